The van der Waals surface area contributed by atoms with Crippen LogP contribution in [-0.4, -0.2) is 30.3 Å². The monoisotopic (exact) mass is 278 g/mol. The molecule has 20 heavy (non-hydrogen) atoms. The highest BCUT2D eigenvalue weighted by Gasteiger charge is 2.34. The Labute approximate surface area is 121 Å². The number of hydrogen-bond donors (Lipinski definition) is 1. The molecule has 2 heterocycles. The molecule has 0 radical (unpaired) electrons. The van der Waals surface area contributed by atoms with E-state index in [-0.39, 0.29) is 5.60 Å². The van der Waals surface area contributed by atoms with Crippen molar-refractivity contribution in [2.45, 2.75) is 57.7 Å². The minimum Gasteiger partial charge on any atom is -0.481 e. The molecular weight excluding hydrogens is 252 g/mol. The molecule has 4 nitrogen and oxygen atoms in total. The topological polar surface area (TPSA) is 43.4 Å². The SMILES string of the molecule is CCC1(CC)CC(NCc2ccc(OC)nc2)CCO1. The van der Waals surface area contributed by atoms with Gasteiger partial charge in [-0.05, 0) is 31.2 Å². The number of pyridine rings is 1. The van der Waals surface area contributed by atoms with Crippen molar-refractivity contribution in [3.63, 3.8) is 0 Å². The van der Waals surface area contributed by atoms with Crippen molar-refractivity contribution in [2.24, 2.45) is 0 Å². The molecule has 1 unspecified atom stereocenters. The van der Waals surface area contributed by atoms with Crippen LogP contribution in [0.5, 0.6) is 5.88 Å². The van der Waals surface area contributed by atoms with Crippen molar-refractivity contribution < 1.29 is 9.47 Å². The minimum absolute atomic E-state index is 0.0775. The number of rotatable bonds is 6. The third kappa shape index (κ3) is 3.70. The molecule has 0 amide bonds. The first-order valence-electron chi connectivity index (χ1n) is 7.57. The number of ether oxygens (including phenoxy) is 2. The van der Waals surface area contributed by atoms with Gasteiger partial charge in [0.25, 0.3) is 0 Å². The maximum absolute atomic E-state index is 6.01. The maximum Gasteiger partial charge on any atom is 0.212 e. The van der Waals surface area contributed by atoms with Crippen molar-refractivity contribution in [1.29, 1.82) is 0 Å². The Bertz CT molecular complexity index is 401. The Morgan fingerprint density at radius 1 is 1.40 bits per heavy atom. The molecular formula is C16H26N2O2. The van der Waals surface area contributed by atoms with Crippen LogP contribution in [0.2, 0.25) is 0 Å². The summed E-state index contributed by atoms with van der Waals surface area (Å²) in [6.45, 7) is 6.16. The van der Waals surface area contributed by atoms with Gasteiger partial charge in [0.2, 0.25) is 5.88 Å². The summed E-state index contributed by atoms with van der Waals surface area (Å²) in [7, 11) is 1.64. The Morgan fingerprint density at radius 3 is 2.80 bits per heavy atom. The Morgan fingerprint density at radius 2 is 2.20 bits per heavy atom. The van der Waals surface area contributed by atoms with Crippen LogP contribution in [0.25, 0.3) is 0 Å². The molecule has 1 aliphatic heterocycles. The quantitative estimate of drug-likeness (QED) is 0.869. The normalized spacial score (nSPS) is 21.6. The highest BCUT2D eigenvalue weighted by molar-refractivity contribution is 5.17. The van der Waals surface area contributed by atoms with Crippen LogP contribution in [0.3, 0.4) is 0 Å². The Kier molecular flexibility index (Phi) is 5.38. The van der Waals surface area contributed by atoms with Crippen molar-refractivity contribution in [1.82, 2.24) is 10.3 Å². The van der Waals surface area contributed by atoms with E-state index in [2.05, 4.69) is 30.2 Å². The molecule has 0 spiro atoms. The number of nitrogens with one attached hydrogen (secondary N) is 1. The minimum atomic E-state index is 0.0775. The summed E-state index contributed by atoms with van der Waals surface area (Å²) in [6.07, 6.45) is 6.24. The van der Waals surface area contributed by atoms with E-state index in [0.717, 1.165) is 38.8 Å². The van der Waals surface area contributed by atoms with Gasteiger partial charge in [-0.2, -0.15) is 0 Å². The fourth-order valence-corrected chi connectivity index (χ4v) is 2.84. The third-order valence-corrected chi connectivity index (χ3v) is 4.38. The zero-order valence-electron chi connectivity index (χ0n) is 12.8. The van der Waals surface area contributed by atoms with Crippen LogP contribution in [0.1, 0.15) is 45.1 Å². The van der Waals surface area contributed by atoms with Gasteiger partial charge in [0.15, 0.2) is 0 Å². The van der Waals surface area contributed by atoms with E-state index < -0.39 is 0 Å². The van der Waals surface area contributed by atoms with Crippen LogP contribution in [0.15, 0.2) is 18.3 Å². The number of methoxy groups -OCH3 is 1. The molecule has 2 rings (SSSR count). The van der Waals surface area contributed by atoms with Crippen LogP contribution in [0, 0.1) is 0 Å². The van der Waals surface area contributed by atoms with E-state index in [4.69, 9.17) is 9.47 Å². The summed E-state index contributed by atoms with van der Waals surface area (Å²) in [4.78, 5) is 4.23. The molecule has 4 heteroatoms. The fourth-order valence-electron chi connectivity index (χ4n) is 2.84. The average molecular weight is 278 g/mol. The van der Waals surface area contributed by atoms with Gasteiger partial charge in [-0.3, -0.25) is 0 Å². The molecule has 112 valence electrons. The van der Waals surface area contributed by atoms with E-state index in [1.165, 1.54) is 5.56 Å². The van der Waals surface area contributed by atoms with Crippen LogP contribution < -0.4 is 10.1 Å². The molecule has 1 fully saturated rings. The first-order valence-corrected chi connectivity index (χ1v) is 7.57. The summed E-state index contributed by atoms with van der Waals surface area (Å²) in [5, 5.41) is 3.64. The molecule has 1 aliphatic rings. The second kappa shape index (κ2) is 7.04. The van der Waals surface area contributed by atoms with Gasteiger partial charge in [-0.1, -0.05) is 19.9 Å². The molecule has 0 bridgehead atoms. The van der Waals surface area contributed by atoms with Crippen molar-refractivity contribution in [3.05, 3.63) is 23.9 Å². The molecule has 1 aromatic heterocycles. The van der Waals surface area contributed by atoms with E-state index in [0.29, 0.717) is 11.9 Å². The standard InChI is InChI=1S/C16H26N2O2/c1-4-16(5-2)10-14(8-9-20-16)17-11-13-6-7-15(19-3)18-12-13/h6-7,12,14,17H,4-5,8-11H2,1-3H3. The van der Waals surface area contributed by atoms with Gasteiger partial charge in [0.05, 0.1) is 12.7 Å². The number of aromatic nitrogens is 1. The smallest absolute Gasteiger partial charge is 0.212 e. The maximum atomic E-state index is 6.01. The van der Waals surface area contributed by atoms with Crippen LogP contribution >= 0.6 is 0 Å². The molecule has 1 aromatic rings. The summed E-state index contributed by atoms with van der Waals surface area (Å²) in [5.74, 6) is 0.663. The van der Waals surface area contributed by atoms with Crippen molar-refractivity contribution in [3.8, 4) is 5.88 Å². The van der Waals surface area contributed by atoms with Gasteiger partial charge in [0.1, 0.15) is 0 Å². The zero-order chi connectivity index (χ0) is 14.4. The lowest BCUT2D eigenvalue weighted by atomic mass is 9.86. The summed E-state index contributed by atoms with van der Waals surface area (Å²) in [6, 6.07) is 4.50. The van der Waals surface area contributed by atoms with E-state index in [1.54, 1.807) is 7.11 Å². The van der Waals surface area contributed by atoms with E-state index in [1.807, 2.05) is 12.3 Å². The molecule has 0 aliphatic carbocycles. The van der Waals surface area contributed by atoms with Gasteiger partial charge in [-0.15, -0.1) is 0 Å². The van der Waals surface area contributed by atoms with E-state index >= 15 is 0 Å². The predicted molar refractivity (Wildman–Crippen MR) is 79.9 cm³/mol. The lowest BCUT2D eigenvalue weighted by Crippen LogP contribution is -2.46. The number of nitrogens with zero attached hydrogens (tertiary/aromatic N) is 1. The number of hydrogen-bond acceptors (Lipinski definition) is 4. The Balaban J connectivity index is 1.86. The second-order valence-corrected chi connectivity index (χ2v) is 5.52. The van der Waals surface area contributed by atoms with Gasteiger partial charge >= 0.3 is 0 Å². The lowest BCUT2D eigenvalue weighted by molar-refractivity contribution is -0.0932. The third-order valence-electron chi connectivity index (χ3n) is 4.38. The molecule has 0 saturated carbocycles. The highest BCUT2D eigenvalue weighted by atomic mass is 16.5. The summed E-state index contributed by atoms with van der Waals surface area (Å²) in [5.41, 5.74) is 1.27. The Hall–Kier alpha value is -1.13. The largest absolute Gasteiger partial charge is 0.481 e. The van der Waals surface area contributed by atoms with Crippen molar-refractivity contribution in [2.75, 3.05) is 13.7 Å². The molecule has 1 atom stereocenters. The summed E-state index contributed by atoms with van der Waals surface area (Å²) >= 11 is 0. The van der Waals surface area contributed by atoms with Crippen LogP contribution in [0.4, 0.5) is 0 Å². The van der Waals surface area contributed by atoms with Crippen molar-refractivity contribution >= 4 is 0 Å². The summed E-state index contributed by atoms with van der Waals surface area (Å²) < 4.78 is 11.1. The molecule has 0 aromatic carbocycles. The predicted octanol–water partition coefficient (Wildman–Crippen LogP) is 2.92. The highest BCUT2D eigenvalue weighted by Crippen LogP contribution is 2.31. The first-order chi connectivity index (χ1) is 9.71. The van der Waals surface area contributed by atoms with Gasteiger partial charge in [-0.25, -0.2) is 4.98 Å². The van der Waals surface area contributed by atoms with Gasteiger partial charge < -0.3 is 14.8 Å². The molecule has 1 saturated heterocycles. The first kappa shape index (κ1) is 15.3. The fraction of sp³-hybridized carbons (Fsp3) is 0.688. The average Bonchev–Trinajstić information content (AvgIpc) is 2.53. The molecule has 1 N–H and O–H groups in total. The van der Waals surface area contributed by atoms with E-state index in [9.17, 15) is 0 Å². The van der Waals surface area contributed by atoms with Crippen LogP contribution in [-0.2, 0) is 11.3 Å². The zero-order valence-corrected chi connectivity index (χ0v) is 12.8. The second-order valence-electron chi connectivity index (χ2n) is 5.52. The van der Waals surface area contributed by atoms with Gasteiger partial charge in [0, 0.05) is 31.5 Å². The lowest BCUT2D eigenvalue weighted by Gasteiger charge is -2.40.